The van der Waals surface area contributed by atoms with E-state index in [4.69, 9.17) is 0 Å². The van der Waals surface area contributed by atoms with Crippen LogP contribution in [0.15, 0.2) is 28.9 Å². The summed E-state index contributed by atoms with van der Waals surface area (Å²) in [6.45, 7) is 1.71. The van der Waals surface area contributed by atoms with Gasteiger partial charge in [-0.15, -0.1) is 0 Å². The van der Waals surface area contributed by atoms with E-state index in [-0.39, 0.29) is 5.82 Å². The average molecular weight is 311 g/mol. The van der Waals surface area contributed by atoms with Crippen molar-refractivity contribution in [3.8, 4) is 0 Å². The Balaban J connectivity index is 2.36. The molecule has 0 aliphatic rings. The summed E-state index contributed by atoms with van der Waals surface area (Å²) in [5.74, 6) is 0.830. The molecule has 2 aromatic rings. The molecule has 0 atom stereocenters. The van der Waals surface area contributed by atoms with Crippen molar-refractivity contribution in [1.82, 2.24) is 9.97 Å². The number of hydrogen-bond acceptors (Lipinski definition) is 4. The third kappa shape index (κ3) is 2.59. The third-order valence-electron chi connectivity index (χ3n) is 2.49. The molecule has 1 aromatic carbocycles. The van der Waals surface area contributed by atoms with Gasteiger partial charge in [0.2, 0.25) is 5.95 Å². The van der Waals surface area contributed by atoms with Crippen molar-refractivity contribution in [3.63, 3.8) is 0 Å². The van der Waals surface area contributed by atoms with E-state index in [1.807, 2.05) is 0 Å². The zero-order chi connectivity index (χ0) is 13.1. The van der Waals surface area contributed by atoms with E-state index in [9.17, 15) is 4.39 Å². The van der Waals surface area contributed by atoms with Crippen LogP contribution in [0.1, 0.15) is 5.56 Å². The van der Waals surface area contributed by atoms with E-state index in [1.54, 1.807) is 32.3 Å². The summed E-state index contributed by atoms with van der Waals surface area (Å²) in [5, 5.41) is 5.93. The van der Waals surface area contributed by atoms with E-state index >= 15 is 0 Å². The van der Waals surface area contributed by atoms with Crippen LogP contribution in [0.5, 0.6) is 0 Å². The van der Waals surface area contributed by atoms with Crippen LogP contribution >= 0.6 is 15.9 Å². The van der Waals surface area contributed by atoms with Gasteiger partial charge in [0.1, 0.15) is 11.6 Å². The number of nitrogens with one attached hydrogen (secondary N) is 2. The quantitative estimate of drug-likeness (QED) is 0.911. The first-order valence-electron chi connectivity index (χ1n) is 5.34. The van der Waals surface area contributed by atoms with Gasteiger partial charge < -0.3 is 10.6 Å². The van der Waals surface area contributed by atoms with Crippen molar-refractivity contribution in [3.05, 3.63) is 40.2 Å². The summed E-state index contributed by atoms with van der Waals surface area (Å²) in [4.78, 5) is 8.31. The van der Waals surface area contributed by atoms with Gasteiger partial charge in [-0.2, -0.15) is 4.98 Å². The second-order valence-corrected chi connectivity index (χ2v) is 4.53. The highest BCUT2D eigenvalue weighted by Gasteiger charge is 2.08. The Labute approximate surface area is 113 Å². The molecule has 2 N–H and O–H groups in total. The van der Waals surface area contributed by atoms with Crippen LogP contribution in [0, 0.1) is 12.7 Å². The lowest BCUT2D eigenvalue weighted by molar-refractivity contribution is 0.619. The molecule has 18 heavy (non-hydrogen) atoms. The highest BCUT2D eigenvalue weighted by molar-refractivity contribution is 9.10. The first-order chi connectivity index (χ1) is 8.61. The van der Waals surface area contributed by atoms with Crippen LogP contribution in [-0.2, 0) is 0 Å². The maximum Gasteiger partial charge on any atom is 0.224 e. The largest absolute Gasteiger partial charge is 0.357 e. The molecule has 0 radical (unpaired) electrons. The SMILES string of the molecule is CNc1ncc(Br)c(Nc2cccc(F)c2C)n1. The minimum absolute atomic E-state index is 0.251. The molecule has 1 heterocycles. The van der Waals surface area contributed by atoms with E-state index in [0.29, 0.717) is 27.5 Å². The number of aromatic nitrogens is 2. The molecule has 1 aromatic heterocycles. The number of benzene rings is 1. The summed E-state index contributed by atoms with van der Waals surface area (Å²) < 4.78 is 14.1. The van der Waals surface area contributed by atoms with E-state index < -0.39 is 0 Å². The Morgan fingerprint density at radius 3 is 2.83 bits per heavy atom. The molecule has 0 unspecified atom stereocenters. The minimum atomic E-state index is -0.251. The number of halogens is 2. The predicted molar refractivity (Wildman–Crippen MR) is 73.7 cm³/mol. The number of nitrogens with zero attached hydrogens (tertiary/aromatic N) is 2. The molecule has 2 rings (SSSR count). The summed E-state index contributed by atoms with van der Waals surface area (Å²) in [5.41, 5.74) is 1.23. The standard InChI is InChI=1S/C12H12BrFN4/c1-7-9(14)4-3-5-10(7)17-11-8(13)6-16-12(15-2)18-11/h3-6H,1-2H3,(H2,15,16,17,18). The highest BCUT2D eigenvalue weighted by Crippen LogP contribution is 2.26. The van der Waals surface area contributed by atoms with E-state index in [2.05, 4.69) is 36.5 Å². The van der Waals surface area contributed by atoms with Gasteiger partial charge >= 0.3 is 0 Å². The molecule has 4 nitrogen and oxygen atoms in total. The van der Waals surface area contributed by atoms with E-state index in [0.717, 1.165) is 0 Å². The number of rotatable bonds is 3. The van der Waals surface area contributed by atoms with Crippen LogP contribution in [0.25, 0.3) is 0 Å². The highest BCUT2D eigenvalue weighted by atomic mass is 79.9. The van der Waals surface area contributed by atoms with Crippen molar-refractivity contribution >= 4 is 33.4 Å². The lowest BCUT2D eigenvalue weighted by Gasteiger charge is -2.11. The number of anilines is 3. The minimum Gasteiger partial charge on any atom is -0.357 e. The monoisotopic (exact) mass is 310 g/mol. The van der Waals surface area contributed by atoms with Crippen molar-refractivity contribution in [2.75, 3.05) is 17.7 Å². The van der Waals surface area contributed by atoms with Gasteiger partial charge in [-0.25, -0.2) is 9.37 Å². The molecule has 0 fully saturated rings. The molecule has 0 aliphatic heterocycles. The lowest BCUT2D eigenvalue weighted by atomic mass is 10.2. The molecule has 0 saturated heterocycles. The predicted octanol–water partition coefficient (Wildman–Crippen LogP) is 3.47. The Morgan fingerprint density at radius 1 is 1.33 bits per heavy atom. The maximum atomic E-state index is 13.4. The van der Waals surface area contributed by atoms with Gasteiger partial charge in [0.15, 0.2) is 0 Å². The molecule has 0 amide bonds. The second kappa shape index (κ2) is 5.30. The van der Waals surface area contributed by atoms with Crippen molar-refractivity contribution in [2.24, 2.45) is 0 Å². The molecular formula is C12H12BrFN4. The van der Waals surface area contributed by atoms with Crippen molar-refractivity contribution < 1.29 is 4.39 Å². The number of hydrogen-bond donors (Lipinski definition) is 2. The second-order valence-electron chi connectivity index (χ2n) is 3.68. The Kier molecular flexibility index (Phi) is 3.76. The molecule has 0 bridgehead atoms. The first kappa shape index (κ1) is 12.8. The topological polar surface area (TPSA) is 49.8 Å². The molecule has 0 saturated carbocycles. The van der Waals surface area contributed by atoms with Gasteiger partial charge in [0, 0.05) is 24.5 Å². The Hall–Kier alpha value is -1.69. The smallest absolute Gasteiger partial charge is 0.224 e. The van der Waals surface area contributed by atoms with Crippen molar-refractivity contribution in [1.29, 1.82) is 0 Å². The van der Waals surface area contributed by atoms with Crippen LogP contribution < -0.4 is 10.6 Å². The van der Waals surface area contributed by atoms with E-state index in [1.165, 1.54) is 6.07 Å². The zero-order valence-corrected chi connectivity index (χ0v) is 11.5. The fraction of sp³-hybridized carbons (Fsp3) is 0.167. The summed E-state index contributed by atoms with van der Waals surface area (Å²) in [7, 11) is 1.74. The third-order valence-corrected chi connectivity index (χ3v) is 3.07. The lowest BCUT2D eigenvalue weighted by Crippen LogP contribution is -2.02. The summed E-state index contributed by atoms with van der Waals surface area (Å²) >= 11 is 3.35. The maximum absolute atomic E-state index is 13.4. The Bertz CT molecular complexity index is 574. The van der Waals surface area contributed by atoms with Crippen LogP contribution in [0.3, 0.4) is 0 Å². The van der Waals surface area contributed by atoms with Gasteiger partial charge in [-0.1, -0.05) is 6.07 Å². The molecule has 0 aliphatic carbocycles. The van der Waals surface area contributed by atoms with Crippen LogP contribution in [-0.4, -0.2) is 17.0 Å². The fourth-order valence-electron chi connectivity index (χ4n) is 1.45. The van der Waals surface area contributed by atoms with Crippen molar-refractivity contribution in [2.45, 2.75) is 6.92 Å². The molecule has 6 heteroatoms. The van der Waals surface area contributed by atoms with Gasteiger partial charge in [0.25, 0.3) is 0 Å². The van der Waals surface area contributed by atoms with Crippen LogP contribution in [0.4, 0.5) is 21.8 Å². The first-order valence-corrected chi connectivity index (χ1v) is 6.13. The molecule has 0 spiro atoms. The normalized spacial score (nSPS) is 10.2. The van der Waals surface area contributed by atoms with Gasteiger partial charge in [-0.3, -0.25) is 0 Å². The summed E-state index contributed by atoms with van der Waals surface area (Å²) in [6, 6.07) is 4.87. The fourth-order valence-corrected chi connectivity index (χ4v) is 1.74. The summed E-state index contributed by atoms with van der Waals surface area (Å²) in [6.07, 6.45) is 1.63. The molecule has 94 valence electrons. The van der Waals surface area contributed by atoms with Gasteiger partial charge in [-0.05, 0) is 35.0 Å². The zero-order valence-electron chi connectivity index (χ0n) is 9.96. The van der Waals surface area contributed by atoms with Crippen LogP contribution in [0.2, 0.25) is 0 Å². The average Bonchev–Trinajstić information content (AvgIpc) is 2.37. The molecular weight excluding hydrogens is 299 g/mol. The Morgan fingerprint density at radius 2 is 2.11 bits per heavy atom. The van der Waals surface area contributed by atoms with Gasteiger partial charge in [0.05, 0.1) is 4.47 Å².